The second kappa shape index (κ2) is 5.93. The van der Waals surface area contributed by atoms with Gasteiger partial charge in [-0.15, -0.1) is 0 Å². The minimum atomic E-state index is -0.245. The Morgan fingerprint density at radius 3 is 2.00 bits per heavy atom. The van der Waals surface area contributed by atoms with E-state index in [4.69, 9.17) is 0 Å². The van der Waals surface area contributed by atoms with Crippen LogP contribution in [-0.2, 0) is 6.54 Å². The van der Waals surface area contributed by atoms with Crippen molar-refractivity contribution in [3.8, 4) is 0 Å². The van der Waals surface area contributed by atoms with Gasteiger partial charge in [-0.3, -0.25) is 0 Å². The number of hydrogen-bond donors (Lipinski definition) is 2. The highest BCUT2D eigenvalue weighted by Gasteiger charge is 2.22. The summed E-state index contributed by atoms with van der Waals surface area (Å²) < 4.78 is 0. The molecule has 0 spiro atoms. The predicted octanol–water partition coefficient (Wildman–Crippen LogP) is 2.78. The summed E-state index contributed by atoms with van der Waals surface area (Å²) in [5.41, 5.74) is 2.28. The average Bonchev–Trinajstić information content (AvgIpc) is 2.35. The monoisotopic (exact) mass is 264 g/mol. The summed E-state index contributed by atoms with van der Waals surface area (Å²) in [4.78, 5) is 2.11. The summed E-state index contributed by atoms with van der Waals surface area (Å²) >= 11 is 0. The third-order valence-electron chi connectivity index (χ3n) is 3.44. The van der Waals surface area contributed by atoms with E-state index in [0.717, 1.165) is 12.2 Å². The lowest BCUT2D eigenvalue weighted by molar-refractivity contribution is 0.216. The number of aliphatic hydroxyl groups excluding tert-OH is 1. The summed E-state index contributed by atoms with van der Waals surface area (Å²) in [6.07, 6.45) is 0. The van der Waals surface area contributed by atoms with Gasteiger partial charge in [0.25, 0.3) is 0 Å². The second-order valence-electron chi connectivity index (χ2n) is 6.80. The van der Waals surface area contributed by atoms with E-state index in [9.17, 15) is 5.11 Å². The van der Waals surface area contributed by atoms with Gasteiger partial charge in [0, 0.05) is 24.8 Å². The predicted molar refractivity (Wildman–Crippen MR) is 82.6 cm³/mol. The van der Waals surface area contributed by atoms with E-state index in [2.05, 4.69) is 55.3 Å². The fraction of sp³-hybridized carbons (Fsp3) is 0.625. The molecule has 0 bridgehead atoms. The lowest BCUT2D eigenvalue weighted by Crippen LogP contribution is -2.44. The number of aliphatic hydroxyl groups is 1. The van der Waals surface area contributed by atoms with Crippen LogP contribution in [0.3, 0.4) is 0 Å². The van der Waals surface area contributed by atoms with E-state index in [1.54, 1.807) is 0 Å². The van der Waals surface area contributed by atoms with Gasteiger partial charge in [-0.1, -0.05) is 12.1 Å². The van der Waals surface area contributed by atoms with Gasteiger partial charge >= 0.3 is 0 Å². The maximum atomic E-state index is 9.40. The van der Waals surface area contributed by atoms with Gasteiger partial charge in [0.05, 0.1) is 12.1 Å². The van der Waals surface area contributed by atoms with Crippen LogP contribution in [0.1, 0.15) is 40.2 Å². The Kier molecular flexibility index (Phi) is 4.99. The summed E-state index contributed by atoms with van der Waals surface area (Å²) in [5.74, 6) is 0. The molecule has 1 aromatic rings. The molecule has 0 aliphatic carbocycles. The Balaban J connectivity index is 2.71. The molecule has 3 nitrogen and oxygen atoms in total. The highest BCUT2D eigenvalue weighted by Crippen LogP contribution is 2.22. The third kappa shape index (κ3) is 4.84. The SMILES string of the molecule is CN(c1ccc(CNC(C)(C)C)cc1)C(C)(C)CO. The van der Waals surface area contributed by atoms with Crippen LogP contribution in [0.2, 0.25) is 0 Å². The largest absolute Gasteiger partial charge is 0.394 e. The molecule has 0 heterocycles. The quantitative estimate of drug-likeness (QED) is 0.858. The number of nitrogens with one attached hydrogen (secondary N) is 1. The maximum absolute atomic E-state index is 9.40. The minimum Gasteiger partial charge on any atom is -0.394 e. The zero-order valence-corrected chi connectivity index (χ0v) is 13.1. The number of anilines is 1. The smallest absolute Gasteiger partial charge is 0.0658 e. The van der Waals surface area contributed by atoms with Crippen LogP contribution in [0.25, 0.3) is 0 Å². The maximum Gasteiger partial charge on any atom is 0.0658 e. The molecule has 3 heteroatoms. The number of rotatable bonds is 5. The van der Waals surface area contributed by atoms with E-state index in [-0.39, 0.29) is 17.7 Å². The van der Waals surface area contributed by atoms with E-state index in [1.807, 2.05) is 20.9 Å². The van der Waals surface area contributed by atoms with Crippen LogP contribution < -0.4 is 10.2 Å². The van der Waals surface area contributed by atoms with Crippen molar-refractivity contribution in [1.29, 1.82) is 0 Å². The van der Waals surface area contributed by atoms with Crippen molar-refractivity contribution in [1.82, 2.24) is 5.32 Å². The van der Waals surface area contributed by atoms with Crippen molar-refractivity contribution in [2.75, 3.05) is 18.6 Å². The lowest BCUT2D eigenvalue weighted by Gasteiger charge is -2.36. The zero-order chi connectivity index (χ0) is 14.7. The van der Waals surface area contributed by atoms with Gasteiger partial charge in [0.15, 0.2) is 0 Å². The first kappa shape index (κ1) is 16.0. The van der Waals surface area contributed by atoms with Crippen molar-refractivity contribution in [2.45, 2.75) is 52.2 Å². The first-order chi connectivity index (χ1) is 8.65. The molecule has 0 atom stereocenters. The fourth-order valence-electron chi connectivity index (χ4n) is 1.66. The van der Waals surface area contributed by atoms with E-state index in [0.29, 0.717) is 0 Å². The van der Waals surface area contributed by atoms with Crippen molar-refractivity contribution in [3.05, 3.63) is 29.8 Å². The van der Waals surface area contributed by atoms with E-state index >= 15 is 0 Å². The average molecular weight is 264 g/mol. The zero-order valence-electron chi connectivity index (χ0n) is 13.1. The third-order valence-corrected chi connectivity index (χ3v) is 3.44. The summed E-state index contributed by atoms with van der Waals surface area (Å²) in [7, 11) is 2.01. The number of likely N-dealkylation sites (N-methyl/N-ethyl adjacent to an activating group) is 1. The van der Waals surface area contributed by atoms with Crippen LogP contribution in [0, 0.1) is 0 Å². The van der Waals surface area contributed by atoms with Crippen LogP contribution in [-0.4, -0.2) is 29.8 Å². The molecule has 1 aromatic carbocycles. The molecule has 0 aliphatic heterocycles. The van der Waals surface area contributed by atoms with Crippen LogP contribution in [0.15, 0.2) is 24.3 Å². The molecule has 0 saturated carbocycles. The van der Waals surface area contributed by atoms with Gasteiger partial charge in [-0.2, -0.15) is 0 Å². The van der Waals surface area contributed by atoms with Gasteiger partial charge in [-0.05, 0) is 52.3 Å². The first-order valence-corrected chi connectivity index (χ1v) is 6.84. The Hall–Kier alpha value is -1.06. The topological polar surface area (TPSA) is 35.5 Å². The molecule has 2 N–H and O–H groups in total. The molecular weight excluding hydrogens is 236 g/mol. The normalized spacial score (nSPS) is 12.6. The van der Waals surface area contributed by atoms with Crippen LogP contribution in [0.5, 0.6) is 0 Å². The van der Waals surface area contributed by atoms with Crippen molar-refractivity contribution in [3.63, 3.8) is 0 Å². The van der Waals surface area contributed by atoms with Crippen LogP contribution in [0.4, 0.5) is 5.69 Å². The highest BCUT2D eigenvalue weighted by molar-refractivity contribution is 5.49. The number of hydrogen-bond acceptors (Lipinski definition) is 3. The summed E-state index contributed by atoms with van der Waals surface area (Å²) in [6.45, 7) is 11.6. The number of benzene rings is 1. The molecule has 0 unspecified atom stereocenters. The van der Waals surface area contributed by atoms with Crippen molar-refractivity contribution < 1.29 is 5.11 Å². The number of nitrogens with zero attached hydrogens (tertiary/aromatic N) is 1. The molecule has 19 heavy (non-hydrogen) atoms. The van der Waals surface area contributed by atoms with E-state index < -0.39 is 0 Å². The minimum absolute atomic E-state index is 0.133. The molecule has 0 amide bonds. The molecule has 0 saturated heterocycles. The Morgan fingerprint density at radius 2 is 1.58 bits per heavy atom. The summed E-state index contributed by atoms with van der Waals surface area (Å²) in [5, 5.41) is 12.9. The van der Waals surface area contributed by atoms with Gasteiger partial charge < -0.3 is 15.3 Å². The standard InChI is InChI=1S/C16H28N2O/c1-15(2,3)17-11-13-7-9-14(10-8-13)18(6)16(4,5)12-19/h7-10,17,19H,11-12H2,1-6H3. The molecule has 0 aromatic heterocycles. The first-order valence-electron chi connectivity index (χ1n) is 6.84. The molecule has 0 fully saturated rings. The Bertz CT molecular complexity index is 390. The highest BCUT2D eigenvalue weighted by atomic mass is 16.3. The summed E-state index contributed by atoms with van der Waals surface area (Å²) in [6, 6.07) is 8.49. The fourth-order valence-corrected chi connectivity index (χ4v) is 1.66. The molecular formula is C16H28N2O. The Labute approximate surface area is 117 Å². The van der Waals surface area contributed by atoms with Gasteiger partial charge in [-0.25, -0.2) is 0 Å². The molecule has 1 rings (SSSR count). The van der Waals surface area contributed by atoms with Gasteiger partial charge in [0.1, 0.15) is 0 Å². The second-order valence-corrected chi connectivity index (χ2v) is 6.80. The van der Waals surface area contributed by atoms with Crippen LogP contribution >= 0.6 is 0 Å². The van der Waals surface area contributed by atoms with Gasteiger partial charge in [0.2, 0.25) is 0 Å². The Morgan fingerprint density at radius 1 is 1.05 bits per heavy atom. The van der Waals surface area contributed by atoms with Crippen molar-refractivity contribution in [2.24, 2.45) is 0 Å². The molecule has 0 aliphatic rings. The van der Waals surface area contributed by atoms with Crippen molar-refractivity contribution >= 4 is 5.69 Å². The van der Waals surface area contributed by atoms with E-state index in [1.165, 1.54) is 5.56 Å². The molecule has 108 valence electrons. The lowest BCUT2D eigenvalue weighted by atomic mass is 10.0. The molecule has 0 radical (unpaired) electrons.